The van der Waals surface area contributed by atoms with Crippen LogP contribution in [0.25, 0.3) is 0 Å². The first-order valence-electron chi connectivity index (χ1n) is 6.54. The number of carbonyl (C=O) groups is 1. The number of nitrogens with zero attached hydrogens (tertiary/aromatic N) is 1. The lowest BCUT2D eigenvalue weighted by atomic mass is 10.2. The predicted octanol–water partition coefficient (Wildman–Crippen LogP) is 1.76. The van der Waals surface area contributed by atoms with Crippen molar-refractivity contribution < 1.29 is 4.79 Å². The Morgan fingerprint density at radius 3 is 2.56 bits per heavy atom. The Morgan fingerprint density at radius 1 is 1.44 bits per heavy atom. The van der Waals surface area contributed by atoms with Crippen LogP contribution >= 0.6 is 0 Å². The maximum atomic E-state index is 12.1. The summed E-state index contributed by atoms with van der Waals surface area (Å²) in [5.41, 5.74) is 7.45. The molecule has 1 unspecified atom stereocenters. The van der Waals surface area contributed by atoms with E-state index in [2.05, 4.69) is 17.1 Å². The Kier molecular flexibility index (Phi) is 3.75. The van der Waals surface area contributed by atoms with Gasteiger partial charge in [-0.3, -0.25) is 4.79 Å². The third kappa shape index (κ3) is 2.94. The molecule has 18 heavy (non-hydrogen) atoms. The fourth-order valence-electron chi connectivity index (χ4n) is 2.04. The molecule has 0 heterocycles. The average Bonchev–Trinajstić information content (AvgIpc) is 3.16. The summed E-state index contributed by atoms with van der Waals surface area (Å²) in [5, 5.41) is 3.04. The van der Waals surface area contributed by atoms with Gasteiger partial charge in [-0.15, -0.1) is 0 Å². The zero-order chi connectivity index (χ0) is 13.1. The third-order valence-electron chi connectivity index (χ3n) is 3.34. The molecule has 4 heteroatoms. The molecule has 0 spiro atoms. The van der Waals surface area contributed by atoms with Crippen molar-refractivity contribution in [1.29, 1.82) is 0 Å². The lowest BCUT2D eigenvalue weighted by molar-refractivity contribution is -0.122. The van der Waals surface area contributed by atoms with Gasteiger partial charge >= 0.3 is 0 Å². The van der Waals surface area contributed by atoms with Crippen LogP contribution in [0.2, 0.25) is 0 Å². The highest BCUT2D eigenvalue weighted by molar-refractivity contribution is 5.85. The second kappa shape index (κ2) is 5.29. The zero-order valence-corrected chi connectivity index (χ0v) is 11.0. The van der Waals surface area contributed by atoms with Crippen molar-refractivity contribution >= 4 is 17.3 Å². The average molecular weight is 247 g/mol. The molecular formula is C14H21N3O. The van der Waals surface area contributed by atoms with Gasteiger partial charge in [0.25, 0.3) is 0 Å². The Hall–Kier alpha value is -1.71. The Balaban J connectivity index is 2.06. The van der Waals surface area contributed by atoms with E-state index in [1.165, 1.54) is 0 Å². The molecule has 2 rings (SSSR count). The van der Waals surface area contributed by atoms with E-state index in [0.29, 0.717) is 6.04 Å². The molecule has 0 saturated heterocycles. The minimum Gasteiger partial charge on any atom is -0.399 e. The molecule has 1 aliphatic rings. The number of nitrogens with one attached hydrogen (secondary N) is 1. The summed E-state index contributed by atoms with van der Waals surface area (Å²) >= 11 is 0. The van der Waals surface area contributed by atoms with Crippen LogP contribution in [0.1, 0.15) is 26.7 Å². The summed E-state index contributed by atoms with van der Waals surface area (Å²) in [7, 11) is 0. The Bertz CT molecular complexity index is 412. The normalized spacial score (nSPS) is 16.1. The molecular weight excluding hydrogens is 226 g/mol. The van der Waals surface area contributed by atoms with Gasteiger partial charge in [0.1, 0.15) is 6.04 Å². The fraction of sp³-hybridized carbons (Fsp3) is 0.500. The van der Waals surface area contributed by atoms with E-state index >= 15 is 0 Å². The quantitative estimate of drug-likeness (QED) is 0.780. The first-order valence-corrected chi connectivity index (χ1v) is 6.54. The second-order valence-corrected chi connectivity index (χ2v) is 4.84. The molecule has 1 amide bonds. The van der Waals surface area contributed by atoms with Crippen molar-refractivity contribution in [3.8, 4) is 0 Å². The van der Waals surface area contributed by atoms with Gasteiger partial charge in [-0.1, -0.05) is 0 Å². The predicted molar refractivity (Wildman–Crippen MR) is 74.5 cm³/mol. The zero-order valence-electron chi connectivity index (χ0n) is 11.0. The summed E-state index contributed by atoms with van der Waals surface area (Å²) in [5.74, 6) is 0.108. The lowest BCUT2D eigenvalue weighted by Crippen LogP contribution is -2.46. The monoisotopic (exact) mass is 247 g/mol. The van der Waals surface area contributed by atoms with Gasteiger partial charge in [-0.2, -0.15) is 0 Å². The highest BCUT2D eigenvalue weighted by atomic mass is 16.2. The van der Waals surface area contributed by atoms with Crippen LogP contribution in [0.15, 0.2) is 24.3 Å². The molecule has 1 fully saturated rings. The van der Waals surface area contributed by atoms with Gasteiger partial charge in [0.15, 0.2) is 0 Å². The number of likely N-dealkylation sites (N-methyl/N-ethyl adjacent to an activating group) is 1. The number of anilines is 2. The summed E-state index contributed by atoms with van der Waals surface area (Å²) in [6.45, 7) is 4.79. The molecule has 0 bridgehead atoms. The number of hydrogen-bond donors (Lipinski definition) is 2. The van der Waals surface area contributed by atoms with Crippen LogP contribution in [-0.2, 0) is 4.79 Å². The van der Waals surface area contributed by atoms with Gasteiger partial charge in [0, 0.05) is 24.0 Å². The molecule has 1 aromatic rings. The standard InChI is InChI=1S/C14H21N3O/c1-3-17(13-8-4-11(15)5-9-13)10(2)14(18)16-12-6-7-12/h4-5,8-10,12H,3,6-7,15H2,1-2H3,(H,16,18). The molecule has 0 aliphatic heterocycles. The number of carbonyl (C=O) groups excluding carboxylic acids is 1. The van der Waals surface area contributed by atoms with Crippen molar-refractivity contribution in [3.05, 3.63) is 24.3 Å². The molecule has 0 aromatic heterocycles. The number of benzene rings is 1. The molecule has 0 radical (unpaired) electrons. The molecule has 1 atom stereocenters. The van der Waals surface area contributed by atoms with Crippen molar-refractivity contribution in [2.45, 2.75) is 38.8 Å². The third-order valence-corrected chi connectivity index (χ3v) is 3.34. The number of nitrogens with two attached hydrogens (primary N) is 1. The van der Waals surface area contributed by atoms with E-state index < -0.39 is 0 Å². The van der Waals surface area contributed by atoms with Gasteiger partial charge < -0.3 is 16.0 Å². The fourth-order valence-corrected chi connectivity index (χ4v) is 2.04. The first-order chi connectivity index (χ1) is 8.61. The molecule has 1 aromatic carbocycles. The topological polar surface area (TPSA) is 58.4 Å². The number of amides is 1. The van der Waals surface area contributed by atoms with Crippen LogP contribution < -0.4 is 16.0 Å². The van der Waals surface area contributed by atoms with Crippen molar-refractivity contribution in [2.24, 2.45) is 0 Å². The Labute approximate surface area is 108 Å². The Morgan fingerprint density at radius 2 is 2.06 bits per heavy atom. The highest BCUT2D eigenvalue weighted by Gasteiger charge is 2.27. The molecule has 4 nitrogen and oxygen atoms in total. The summed E-state index contributed by atoms with van der Waals surface area (Å²) < 4.78 is 0. The lowest BCUT2D eigenvalue weighted by Gasteiger charge is -2.29. The van der Waals surface area contributed by atoms with Crippen LogP contribution in [-0.4, -0.2) is 24.5 Å². The minimum absolute atomic E-state index is 0.108. The van der Waals surface area contributed by atoms with Gasteiger partial charge in [-0.25, -0.2) is 0 Å². The van der Waals surface area contributed by atoms with E-state index in [0.717, 1.165) is 30.8 Å². The smallest absolute Gasteiger partial charge is 0.242 e. The number of hydrogen-bond acceptors (Lipinski definition) is 3. The van der Waals surface area contributed by atoms with Gasteiger partial charge in [0.05, 0.1) is 0 Å². The number of nitrogen functional groups attached to an aromatic ring is 1. The van der Waals surface area contributed by atoms with E-state index in [-0.39, 0.29) is 11.9 Å². The maximum absolute atomic E-state index is 12.1. The molecule has 3 N–H and O–H groups in total. The van der Waals surface area contributed by atoms with Crippen molar-refractivity contribution in [3.63, 3.8) is 0 Å². The highest BCUT2D eigenvalue weighted by Crippen LogP contribution is 2.21. The molecule has 98 valence electrons. The van der Waals surface area contributed by atoms with Crippen LogP contribution in [0.4, 0.5) is 11.4 Å². The molecule has 1 saturated carbocycles. The van der Waals surface area contributed by atoms with E-state index in [9.17, 15) is 4.79 Å². The maximum Gasteiger partial charge on any atom is 0.242 e. The second-order valence-electron chi connectivity index (χ2n) is 4.84. The van der Waals surface area contributed by atoms with Crippen molar-refractivity contribution in [1.82, 2.24) is 5.32 Å². The first kappa shape index (κ1) is 12.7. The summed E-state index contributed by atoms with van der Waals surface area (Å²) in [6.07, 6.45) is 2.24. The molecule has 1 aliphatic carbocycles. The van der Waals surface area contributed by atoms with Crippen LogP contribution in [0, 0.1) is 0 Å². The minimum atomic E-state index is -0.153. The van der Waals surface area contributed by atoms with Crippen molar-refractivity contribution in [2.75, 3.05) is 17.2 Å². The van der Waals surface area contributed by atoms with Crippen LogP contribution in [0.5, 0.6) is 0 Å². The van der Waals surface area contributed by atoms with Gasteiger partial charge in [0.2, 0.25) is 5.91 Å². The number of rotatable bonds is 5. The SMILES string of the molecule is CCN(c1ccc(N)cc1)C(C)C(=O)NC1CC1. The summed E-state index contributed by atoms with van der Waals surface area (Å²) in [4.78, 5) is 14.1. The largest absolute Gasteiger partial charge is 0.399 e. The van der Waals surface area contributed by atoms with Crippen LogP contribution in [0.3, 0.4) is 0 Å². The van der Waals surface area contributed by atoms with Gasteiger partial charge in [-0.05, 0) is 51.0 Å². The van der Waals surface area contributed by atoms with E-state index in [1.807, 2.05) is 31.2 Å². The summed E-state index contributed by atoms with van der Waals surface area (Å²) in [6, 6.07) is 7.90. The van der Waals surface area contributed by atoms with E-state index in [1.54, 1.807) is 0 Å². The van der Waals surface area contributed by atoms with E-state index in [4.69, 9.17) is 5.73 Å².